The van der Waals surface area contributed by atoms with Crippen LogP contribution in [0.5, 0.6) is 0 Å². The van der Waals surface area contributed by atoms with Crippen molar-refractivity contribution in [2.24, 2.45) is 0 Å². The van der Waals surface area contributed by atoms with E-state index in [0.29, 0.717) is 12.6 Å². The fraction of sp³-hybridized carbons (Fsp3) is 0.682. The van der Waals surface area contributed by atoms with Crippen LogP contribution in [0.1, 0.15) is 69.3 Å². The summed E-state index contributed by atoms with van der Waals surface area (Å²) in [5, 5.41) is 12.7. The summed E-state index contributed by atoms with van der Waals surface area (Å²) in [6.07, 6.45) is 9.31. The van der Waals surface area contributed by atoms with E-state index >= 15 is 0 Å². The van der Waals surface area contributed by atoms with Gasteiger partial charge in [0.05, 0.1) is 12.6 Å². The lowest BCUT2D eigenvalue weighted by atomic mass is 9.93. The third-order valence-electron chi connectivity index (χ3n) is 6.90. The monoisotopic (exact) mass is 402 g/mol. The number of nitrogens with one attached hydrogen (secondary N) is 2. The molecule has 0 spiro atoms. The number of benzene rings is 1. The Morgan fingerprint density at radius 1 is 1.07 bits per heavy atom. The van der Waals surface area contributed by atoms with Crippen LogP contribution in [0.2, 0.25) is 0 Å². The van der Waals surface area contributed by atoms with Gasteiger partial charge in [0, 0.05) is 6.42 Å². The molecule has 2 aromatic rings. The quantitative estimate of drug-likeness (QED) is 0.721. The first-order chi connectivity index (χ1) is 14.2. The van der Waals surface area contributed by atoms with Crippen LogP contribution >= 0.6 is 0 Å². The van der Waals surface area contributed by atoms with Crippen molar-refractivity contribution in [1.82, 2.24) is 20.2 Å². The molecule has 2 heterocycles. The van der Waals surface area contributed by atoms with E-state index in [0.717, 1.165) is 30.3 Å². The molecule has 7 heteroatoms. The number of nitrogens with zero attached hydrogens (tertiary/aromatic N) is 4. The minimum atomic E-state index is -0.211. The second-order valence-corrected chi connectivity index (χ2v) is 8.81. The molecule has 6 nitrogen and oxygen atoms in total. The third-order valence-corrected chi connectivity index (χ3v) is 6.90. The van der Waals surface area contributed by atoms with Crippen LogP contribution in [-0.4, -0.2) is 52.4 Å². The van der Waals surface area contributed by atoms with Crippen LogP contribution in [0.3, 0.4) is 0 Å². The number of rotatable bonds is 7. The topological polar surface area (TPSA) is 52.5 Å². The Labute approximate surface area is 173 Å². The largest absolute Gasteiger partial charge is 0.323 e. The molecule has 2 fully saturated rings. The van der Waals surface area contributed by atoms with E-state index in [4.69, 9.17) is 0 Å². The van der Waals surface area contributed by atoms with Crippen LogP contribution < -0.4 is 9.80 Å². The first-order valence-corrected chi connectivity index (χ1v) is 11.4. The highest BCUT2D eigenvalue weighted by Crippen LogP contribution is 2.16. The molecule has 1 saturated heterocycles. The molecule has 1 saturated carbocycles. The summed E-state index contributed by atoms with van der Waals surface area (Å²) >= 11 is 0. The van der Waals surface area contributed by atoms with E-state index < -0.39 is 0 Å². The Balaban J connectivity index is 1.43. The number of hydrogen-bond acceptors (Lipinski definition) is 3. The van der Waals surface area contributed by atoms with Gasteiger partial charge in [-0.15, -0.1) is 5.10 Å². The van der Waals surface area contributed by atoms with Crippen molar-refractivity contribution < 1.29 is 14.2 Å². The first-order valence-electron chi connectivity index (χ1n) is 11.4. The van der Waals surface area contributed by atoms with Crippen molar-refractivity contribution in [3.8, 4) is 0 Å². The molecule has 2 aliphatic rings. The van der Waals surface area contributed by atoms with Crippen LogP contribution in [-0.2, 0) is 6.54 Å². The van der Waals surface area contributed by atoms with E-state index in [1.54, 1.807) is 4.90 Å². The molecule has 0 unspecified atom stereocenters. The molecule has 0 radical (unpaired) electrons. The van der Waals surface area contributed by atoms with Crippen LogP contribution in [0.4, 0.5) is 4.39 Å². The number of piperazine rings is 1. The fourth-order valence-electron chi connectivity index (χ4n) is 5.30. The standard InChI is InChI=1S/C22H33FN6/c1-2-6-21(28-15-13-27(14-16-28)20-7-4-3-5-8-20)22-24-25-26-29(22)17-18-9-11-19(23)12-10-18/h9-12,20-21H,2-8,13-17H2,1H3/p+2/t21-/m1/s1. The number of quaternary nitrogens is 2. The zero-order valence-corrected chi connectivity index (χ0v) is 17.6. The van der Waals surface area contributed by atoms with Gasteiger partial charge in [-0.05, 0) is 53.8 Å². The molecule has 1 aliphatic heterocycles. The summed E-state index contributed by atoms with van der Waals surface area (Å²) in [5.41, 5.74) is 1.02. The Morgan fingerprint density at radius 2 is 1.79 bits per heavy atom. The maximum absolute atomic E-state index is 13.2. The van der Waals surface area contributed by atoms with Crippen LogP contribution in [0, 0.1) is 5.82 Å². The van der Waals surface area contributed by atoms with Crippen molar-refractivity contribution in [1.29, 1.82) is 0 Å². The van der Waals surface area contributed by atoms with E-state index in [1.165, 1.54) is 70.4 Å². The predicted molar refractivity (Wildman–Crippen MR) is 109 cm³/mol. The first kappa shape index (κ1) is 20.4. The van der Waals surface area contributed by atoms with Crippen molar-refractivity contribution in [2.45, 2.75) is 70.5 Å². The maximum atomic E-state index is 13.2. The lowest BCUT2D eigenvalue weighted by Crippen LogP contribution is -3.29. The summed E-state index contributed by atoms with van der Waals surface area (Å²) in [6, 6.07) is 7.86. The zero-order valence-electron chi connectivity index (χ0n) is 17.6. The molecular formula is C22H35FN6+2. The zero-order chi connectivity index (χ0) is 20.1. The molecule has 1 aromatic heterocycles. The van der Waals surface area contributed by atoms with E-state index in [1.807, 2.05) is 21.7 Å². The van der Waals surface area contributed by atoms with Crippen LogP contribution in [0.15, 0.2) is 24.3 Å². The predicted octanol–water partition coefficient (Wildman–Crippen LogP) is 0.818. The van der Waals surface area contributed by atoms with E-state index in [2.05, 4.69) is 22.4 Å². The van der Waals surface area contributed by atoms with Crippen molar-refractivity contribution >= 4 is 0 Å². The lowest BCUT2D eigenvalue weighted by molar-refractivity contribution is -1.04. The van der Waals surface area contributed by atoms with E-state index in [9.17, 15) is 4.39 Å². The summed E-state index contributed by atoms with van der Waals surface area (Å²) < 4.78 is 15.1. The Bertz CT molecular complexity index is 747. The maximum Gasteiger partial charge on any atom is 0.209 e. The lowest BCUT2D eigenvalue weighted by Gasteiger charge is -2.38. The molecule has 4 rings (SSSR count). The molecule has 2 N–H and O–H groups in total. The summed E-state index contributed by atoms with van der Waals surface area (Å²) in [7, 11) is 0. The Hall–Kier alpha value is -1.86. The molecule has 1 aliphatic carbocycles. The van der Waals surface area contributed by atoms with Gasteiger partial charge in [-0.25, -0.2) is 9.07 Å². The van der Waals surface area contributed by atoms with Gasteiger partial charge in [0.25, 0.3) is 0 Å². The normalized spacial score (nSPS) is 24.5. The summed E-state index contributed by atoms with van der Waals surface area (Å²) in [6.45, 7) is 7.75. The molecule has 158 valence electrons. The van der Waals surface area contributed by atoms with Gasteiger partial charge in [0.1, 0.15) is 38.0 Å². The van der Waals surface area contributed by atoms with Gasteiger partial charge in [-0.3, -0.25) is 0 Å². The minimum absolute atomic E-state index is 0.211. The second-order valence-electron chi connectivity index (χ2n) is 8.81. The van der Waals surface area contributed by atoms with Gasteiger partial charge >= 0.3 is 0 Å². The summed E-state index contributed by atoms with van der Waals surface area (Å²) in [4.78, 5) is 3.45. The molecular weight excluding hydrogens is 367 g/mol. The SMILES string of the molecule is CCC[C@H](c1nnnn1Cc1ccc(F)cc1)[NH+]1CC[NH+](C2CCCCC2)CC1. The number of tetrazole rings is 1. The van der Waals surface area contributed by atoms with Gasteiger partial charge in [0.15, 0.2) is 0 Å². The van der Waals surface area contributed by atoms with Gasteiger partial charge in [-0.2, -0.15) is 0 Å². The highest BCUT2D eigenvalue weighted by Gasteiger charge is 2.36. The second kappa shape index (κ2) is 9.76. The van der Waals surface area contributed by atoms with Crippen molar-refractivity contribution in [3.05, 3.63) is 41.5 Å². The Kier molecular flexibility index (Phi) is 6.87. The van der Waals surface area contributed by atoms with Gasteiger partial charge < -0.3 is 9.80 Å². The number of halogens is 1. The van der Waals surface area contributed by atoms with Crippen molar-refractivity contribution in [2.75, 3.05) is 26.2 Å². The van der Waals surface area contributed by atoms with Gasteiger partial charge in [0.2, 0.25) is 5.82 Å². The molecule has 0 amide bonds. The highest BCUT2D eigenvalue weighted by atomic mass is 19.1. The molecule has 29 heavy (non-hydrogen) atoms. The van der Waals surface area contributed by atoms with Crippen LogP contribution in [0.25, 0.3) is 0 Å². The average molecular weight is 403 g/mol. The minimum Gasteiger partial charge on any atom is -0.323 e. The smallest absolute Gasteiger partial charge is 0.209 e. The van der Waals surface area contributed by atoms with E-state index in [-0.39, 0.29) is 5.82 Å². The van der Waals surface area contributed by atoms with Gasteiger partial charge in [-0.1, -0.05) is 31.9 Å². The molecule has 0 bridgehead atoms. The summed E-state index contributed by atoms with van der Waals surface area (Å²) in [5.74, 6) is 0.768. The number of hydrogen-bond donors (Lipinski definition) is 2. The number of aromatic nitrogens is 4. The molecule has 1 atom stereocenters. The molecule has 1 aromatic carbocycles. The highest BCUT2D eigenvalue weighted by molar-refractivity contribution is 5.16. The Morgan fingerprint density at radius 3 is 2.48 bits per heavy atom. The van der Waals surface area contributed by atoms with Crippen molar-refractivity contribution in [3.63, 3.8) is 0 Å². The third kappa shape index (κ3) is 5.01. The average Bonchev–Trinajstić information content (AvgIpc) is 3.22. The fourth-order valence-corrected chi connectivity index (χ4v) is 5.30.